The van der Waals surface area contributed by atoms with Crippen molar-refractivity contribution in [2.75, 3.05) is 6.61 Å². The second-order valence-electron chi connectivity index (χ2n) is 4.59. The van der Waals surface area contributed by atoms with Crippen molar-refractivity contribution in [1.29, 1.82) is 0 Å². The van der Waals surface area contributed by atoms with Gasteiger partial charge in [-0.15, -0.1) is 0 Å². The van der Waals surface area contributed by atoms with Crippen molar-refractivity contribution in [3.05, 3.63) is 34.9 Å². The molecule has 0 heterocycles. The van der Waals surface area contributed by atoms with E-state index >= 15 is 0 Å². The molecule has 120 valence electrons. The Hall–Kier alpha value is -2.08. The number of benzene rings is 1. The van der Waals surface area contributed by atoms with Crippen LogP contribution in [0.5, 0.6) is 0 Å². The lowest BCUT2D eigenvalue weighted by molar-refractivity contribution is -0.144. The molecule has 1 aromatic rings. The SMILES string of the molecule is CCOC(=O)CCC(=O)N[C@H](Cc1ccc(Cl)cc1)C(=O)O. The fourth-order valence-corrected chi connectivity index (χ4v) is 1.90. The molecule has 7 heteroatoms. The Morgan fingerprint density at radius 2 is 1.86 bits per heavy atom. The van der Waals surface area contributed by atoms with E-state index in [1.807, 2.05) is 0 Å². The molecule has 1 rings (SSSR count). The number of rotatable bonds is 8. The van der Waals surface area contributed by atoms with E-state index in [9.17, 15) is 14.4 Å². The van der Waals surface area contributed by atoms with Crippen LogP contribution in [-0.4, -0.2) is 35.6 Å². The molecule has 0 aromatic heterocycles. The van der Waals surface area contributed by atoms with E-state index < -0.39 is 23.9 Å². The lowest BCUT2D eigenvalue weighted by atomic mass is 10.1. The zero-order valence-electron chi connectivity index (χ0n) is 12.2. The third-order valence-electron chi connectivity index (χ3n) is 2.85. The summed E-state index contributed by atoms with van der Waals surface area (Å²) >= 11 is 5.76. The van der Waals surface area contributed by atoms with Gasteiger partial charge in [-0.05, 0) is 24.6 Å². The number of carbonyl (C=O) groups is 3. The molecule has 0 aliphatic rings. The number of hydrogen-bond acceptors (Lipinski definition) is 4. The minimum atomic E-state index is -1.14. The summed E-state index contributed by atoms with van der Waals surface area (Å²) in [6, 6.07) is 5.64. The maximum absolute atomic E-state index is 11.7. The molecule has 1 amide bonds. The first-order valence-electron chi connectivity index (χ1n) is 6.84. The quantitative estimate of drug-likeness (QED) is 0.710. The minimum absolute atomic E-state index is 0.0764. The van der Waals surface area contributed by atoms with Crippen LogP contribution >= 0.6 is 11.6 Å². The highest BCUT2D eigenvalue weighted by Crippen LogP contribution is 2.11. The summed E-state index contributed by atoms with van der Waals surface area (Å²) in [6.45, 7) is 1.92. The van der Waals surface area contributed by atoms with Crippen molar-refractivity contribution in [3.8, 4) is 0 Å². The molecular formula is C15H18ClNO5. The second kappa shape index (κ2) is 9.04. The van der Waals surface area contributed by atoms with Crippen LogP contribution in [0.4, 0.5) is 0 Å². The van der Waals surface area contributed by atoms with E-state index in [4.69, 9.17) is 21.4 Å². The van der Waals surface area contributed by atoms with Crippen molar-refractivity contribution in [2.45, 2.75) is 32.2 Å². The summed E-state index contributed by atoms with van der Waals surface area (Å²) < 4.78 is 4.70. The number of aliphatic carboxylic acids is 1. The van der Waals surface area contributed by atoms with Gasteiger partial charge in [-0.1, -0.05) is 23.7 Å². The number of carbonyl (C=O) groups excluding carboxylic acids is 2. The largest absolute Gasteiger partial charge is 0.480 e. The molecular weight excluding hydrogens is 310 g/mol. The number of esters is 1. The van der Waals surface area contributed by atoms with E-state index in [0.717, 1.165) is 5.56 Å². The third-order valence-corrected chi connectivity index (χ3v) is 3.10. The summed E-state index contributed by atoms with van der Waals surface area (Å²) in [5.74, 6) is -2.13. The normalized spacial score (nSPS) is 11.5. The standard InChI is InChI=1S/C15H18ClNO5/c1-2-22-14(19)8-7-13(18)17-12(15(20)21)9-10-3-5-11(16)6-4-10/h3-6,12H,2,7-9H2,1H3,(H,17,18)(H,20,21)/t12-/m1/s1. The first-order chi connectivity index (χ1) is 10.4. The van der Waals surface area contributed by atoms with Gasteiger partial charge in [-0.25, -0.2) is 4.79 Å². The molecule has 1 aromatic carbocycles. The number of nitrogens with one attached hydrogen (secondary N) is 1. The van der Waals surface area contributed by atoms with Crippen LogP contribution in [0.25, 0.3) is 0 Å². The number of halogens is 1. The van der Waals surface area contributed by atoms with Crippen LogP contribution in [-0.2, 0) is 25.5 Å². The van der Waals surface area contributed by atoms with E-state index in [0.29, 0.717) is 5.02 Å². The van der Waals surface area contributed by atoms with E-state index in [-0.39, 0.29) is 25.9 Å². The van der Waals surface area contributed by atoms with Crippen molar-refractivity contribution in [3.63, 3.8) is 0 Å². The molecule has 6 nitrogen and oxygen atoms in total. The van der Waals surface area contributed by atoms with Gasteiger partial charge in [0.15, 0.2) is 0 Å². The smallest absolute Gasteiger partial charge is 0.326 e. The highest BCUT2D eigenvalue weighted by atomic mass is 35.5. The fourth-order valence-electron chi connectivity index (χ4n) is 1.77. The van der Waals surface area contributed by atoms with Crippen LogP contribution in [0.2, 0.25) is 5.02 Å². The Morgan fingerprint density at radius 1 is 1.23 bits per heavy atom. The molecule has 0 spiro atoms. The third kappa shape index (κ3) is 6.58. The average Bonchev–Trinajstić information content (AvgIpc) is 2.47. The number of ether oxygens (including phenoxy) is 1. The molecule has 22 heavy (non-hydrogen) atoms. The van der Waals surface area contributed by atoms with Gasteiger partial charge in [-0.3, -0.25) is 9.59 Å². The van der Waals surface area contributed by atoms with Crippen molar-refractivity contribution in [2.24, 2.45) is 0 Å². The summed E-state index contributed by atoms with van der Waals surface area (Å²) in [5.41, 5.74) is 0.738. The number of amides is 1. The lowest BCUT2D eigenvalue weighted by Crippen LogP contribution is -2.42. The van der Waals surface area contributed by atoms with E-state index in [2.05, 4.69) is 5.32 Å². The molecule has 0 radical (unpaired) electrons. The first-order valence-corrected chi connectivity index (χ1v) is 7.22. The summed E-state index contributed by atoms with van der Waals surface area (Å²) in [6.07, 6.45) is -0.0478. The Bertz CT molecular complexity index is 529. The lowest BCUT2D eigenvalue weighted by Gasteiger charge is -2.14. The van der Waals surface area contributed by atoms with Crippen LogP contribution < -0.4 is 5.32 Å². The number of hydrogen-bond donors (Lipinski definition) is 2. The molecule has 0 bridgehead atoms. The molecule has 1 atom stereocenters. The van der Waals surface area contributed by atoms with Crippen LogP contribution in [0, 0.1) is 0 Å². The van der Waals surface area contributed by atoms with Gasteiger partial charge in [0.25, 0.3) is 0 Å². The monoisotopic (exact) mass is 327 g/mol. The van der Waals surface area contributed by atoms with Crippen molar-refractivity contribution in [1.82, 2.24) is 5.32 Å². The van der Waals surface area contributed by atoms with Crippen LogP contribution in [0.15, 0.2) is 24.3 Å². The van der Waals surface area contributed by atoms with Gasteiger partial charge in [0.1, 0.15) is 6.04 Å². The second-order valence-corrected chi connectivity index (χ2v) is 5.03. The topological polar surface area (TPSA) is 92.7 Å². The Kier molecular flexibility index (Phi) is 7.39. The van der Waals surface area contributed by atoms with Crippen molar-refractivity contribution < 1.29 is 24.2 Å². The maximum atomic E-state index is 11.7. The molecule has 0 saturated carbocycles. The first kappa shape index (κ1) is 18.0. The summed E-state index contributed by atoms with van der Waals surface area (Å²) in [5, 5.41) is 12.1. The summed E-state index contributed by atoms with van der Waals surface area (Å²) in [4.78, 5) is 34.1. The molecule has 0 aliphatic heterocycles. The highest BCUT2D eigenvalue weighted by Gasteiger charge is 2.20. The van der Waals surface area contributed by atoms with Crippen LogP contribution in [0.1, 0.15) is 25.3 Å². The number of carboxylic acids is 1. The van der Waals surface area contributed by atoms with Crippen molar-refractivity contribution >= 4 is 29.4 Å². The predicted molar refractivity (Wildman–Crippen MR) is 80.6 cm³/mol. The zero-order valence-corrected chi connectivity index (χ0v) is 12.9. The molecule has 0 unspecified atom stereocenters. The average molecular weight is 328 g/mol. The number of carboxylic acid groups (broad SMARTS) is 1. The Labute approximate surface area is 133 Å². The predicted octanol–water partition coefficient (Wildman–Crippen LogP) is 1.80. The Balaban J connectivity index is 2.53. The molecule has 0 fully saturated rings. The van der Waals surface area contributed by atoms with Gasteiger partial charge in [0, 0.05) is 17.9 Å². The molecule has 0 aliphatic carbocycles. The van der Waals surface area contributed by atoms with Crippen LogP contribution in [0.3, 0.4) is 0 Å². The van der Waals surface area contributed by atoms with Gasteiger partial charge >= 0.3 is 11.9 Å². The fraction of sp³-hybridized carbons (Fsp3) is 0.400. The summed E-state index contributed by atoms with van der Waals surface area (Å²) in [7, 11) is 0. The maximum Gasteiger partial charge on any atom is 0.326 e. The van der Waals surface area contributed by atoms with Gasteiger partial charge < -0.3 is 15.2 Å². The van der Waals surface area contributed by atoms with E-state index in [1.54, 1.807) is 31.2 Å². The van der Waals surface area contributed by atoms with Gasteiger partial charge in [0.05, 0.1) is 13.0 Å². The van der Waals surface area contributed by atoms with Gasteiger partial charge in [-0.2, -0.15) is 0 Å². The van der Waals surface area contributed by atoms with Gasteiger partial charge in [0.2, 0.25) is 5.91 Å². The molecule has 2 N–H and O–H groups in total. The minimum Gasteiger partial charge on any atom is -0.480 e. The Morgan fingerprint density at radius 3 is 2.41 bits per heavy atom. The van der Waals surface area contributed by atoms with E-state index in [1.165, 1.54) is 0 Å². The molecule has 0 saturated heterocycles. The highest BCUT2D eigenvalue weighted by molar-refractivity contribution is 6.30. The zero-order chi connectivity index (χ0) is 16.5.